The molecular formula is C17H18F3N3O4. The van der Waals surface area contributed by atoms with Crippen LogP contribution in [-0.2, 0) is 6.18 Å². The molecule has 2 rings (SSSR count). The summed E-state index contributed by atoms with van der Waals surface area (Å²) < 4.78 is 43.1. The van der Waals surface area contributed by atoms with Crippen molar-refractivity contribution in [3.8, 4) is 11.6 Å². The number of ether oxygens (including phenoxy) is 1. The first kappa shape index (κ1) is 20.4. The van der Waals surface area contributed by atoms with E-state index in [1.54, 1.807) is 20.8 Å². The third kappa shape index (κ3) is 5.30. The number of hydrogen-bond acceptors (Lipinski definition) is 6. The van der Waals surface area contributed by atoms with E-state index in [1.807, 2.05) is 0 Å². The zero-order valence-electron chi connectivity index (χ0n) is 14.7. The Morgan fingerprint density at radius 3 is 2.41 bits per heavy atom. The summed E-state index contributed by atoms with van der Waals surface area (Å²) in [4.78, 5) is 14.2. The lowest BCUT2D eigenvalue weighted by atomic mass is 10.0. The van der Waals surface area contributed by atoms with Gasteiger partial charge in [-0.15, -0.1) is 0 Å². The molecule has 1 aromatic heterocycles. The SMILES string of the molecule is C[C@H](Nc1cc(Oc2ccc(C(F)(F)F)cn2)ccc1[N+](=O)[O-])C(C)(C)O. The second-order valence-corrected chi connectivity index (χ2v) is 6.44. The van der Waals surface area contributed by atoms with Crippen LogP contribution in [-0.4, -0.2) is 26.7 Å². The highest BCUT2D eigenvalue weighted by atomic mass is 19.4. The number of rotatable bonds is 6. The molecule has 0 radical (unpaired) electrons. The van der Waals surface area contributed by atoms with E-state index in [1.165, 1.54) is 18.2 Å². The van der Waals surface area contributed by atoms with Crippen LogP contribution >= 0.6 is 0 Å². The van der Waals surface area contributed by atoms with Crippen LogP contribution in [0, 0.1) is 10.1 Å². The summed E-state index contributed by atoms with van der Waals surface area (Å²) in [6.45, 7) is 4.74. The zero-order valence-corrected chi connectivity index (χ0v) is 14.7. The lowest BCUT2D eigenvalue weighted by molar-refractivity contribution is -0.384. The van der Waals surface area contributed by atoms with Crippen LogP contribution in [0.15, 0.2) is 36.5 Å². The lowest BCUT2D eigenvalue weighted by Crippen LogP contribution is -2.39. The van der Waals surface area contributed by atoms with Gasteiger partial charge in [0, 0.05) is 24.4 Å². The Morgan fingerprint density at radius 2 is 1.93 bits per heavy atom. The normalized spacial score (nSPS) is 13.1. The topological polar surface area (TPSA) is 97.5 Å². The van der Waals surface area contributed by atoms with E-state index in [-0.39, 0.29) is 23.0 Å². The average molecular weight is 385 g/mol. The van der Waals surface area contributed by atoms with Crippen molar-refractivity contribution in [2.75, 3.05) is 5.32 Å². The molecule has 27 heavy (non-hydrogen) atoms. The number of alkyl halides is 3. The summed E-state index contributed by atoms with van der Waals surface area (Å²) in [5.41, 5.74) is -2.21. The second-order valence-electron chi connectivity index (χ2n) is 6.44. The number of pyridine rings is 1. The largest absolute Gasteiger partial charge is 0.439 e. The molecule has 0 bridgehead atoms. The van der Waals surface area contributed by atoms with Crippen LogP contribution in [0.5, 0.6) is 11.6 Å². The van der Waals surface area contributed by atoms with Gasteiger partial charge in [0.2, 0.25) is 5.88 Å². The van der Waals surface area contributed by atoms with Gasteiger partial charge in [-0.3, -0.25) is 10.1 Å². The predicted molar refractivity (Wildman–Crippen MR) is 91.8 cm³/mol. The number of nitrogens with zero attached hydrogens (tertiary/aromatic N) is 2. The molecule has 0 amide bonds. The smallest absolute Gasteiger partial charge is 0.417 e. The summed E-state index contributed by atoms with van der Waals surface area (Å²) in [6.07, 6.45) is -3.88. The third-order valence-corrected chi connectivity index (χ3v) is 3.88. The second kappa shape index (κ2) is 7.39. The number of benzene rings is 1. The van der Waals surface area contributed by atoms with Crippen molar-refractivity contribution < 1.29 is 27.9 Å². The summed E-state index contributed by atoms with van der Waals surface area (Å²) in [5, 5.41) is 24.1. The Morgan fingerprint density at radius 1 is 1.26 bits per heavy atom. The van der Waals surface area contributed by atoms with Crippen LogP contribution < -0.4 is 10.1 Å². The molecule has 0 spiro atoms. The van der Waals surface area contributed by atoms with Crippen molar-refractivity contribution in [1.29, 1.82) is 0 Å². The van der Waals surface area contributed by atoms with Crippen LogP contribution in [0.1, 0.15) is 26.3 Å². The van der Waals surface area contributed by atoms with E-state index >= 15 is 0 Å². The number of nitrogens with one attached hydrogen (secondary N) is 1. The Balaban J connectivity index is 2.27. The fourth-order valence-electron chi connectivity index (χ4n) is 1.99. The van der Waals surface area contributed by atoms with Crippen molar-refractivity contribution in [2.24, 2.45) is 0 Å². The molecular weight excluding hydrogens is 367 g/mol. The van der Waals surface area contributed by atoms with Gasteiger partial charge in [-0.05, 0) is 32.9 Å². The molecule has 0 saturated carbocycles. The van der Waals surface area contributed by atoms with Crippen molar-refractivity contribution in [1.82, 2.24) is 4.98 Å². The summed E-state index contributed by atoms with van der Waals surface area (Å²) in [6, 6.07) is 5.16. The summed E-state index contributed by atoms with van der Waals surface area (Å²) >= 11 is 0. The first-order chi connectivity index (χ1) is 12.4. The van der Waals surface area contributed by atoms with Crippen LogP contribution in [0.2, 0.25) is 0 Å². The molecule has 2 N–H and O–H groups in total. The van der Waals surface area contributed by atoms with Gasteiger partial charge in [-0.25, -0.2) is 4.98 Å². The molecule has 0 aliphatic heterocycles. The van der Waals surface area contributed by atoms with Gasteiger partial charge >= 0.3 is 6.18 Å². The van der Waals surface area contributed by atoms with Gasteiger partial charge in [-0.1, -0.05) is 0 Å². The number of hydrogen-bond donors (Lipinski definition) is 2. The highest BCUT2D eigenvalue weighted by Gasteiger charge is 2.31. The Hall–Kier alpha value is -2.88. The number of nitro groups is 1. The molecule has 0 unspecified atom stereocenters. The van der Waals surface area contributed by atoms with E-state index in [4.69, 9.17) is 4.74 Å². The molecule has 1 aromatic carbocycles. The minimum absolute atomic E-state index is 0.0963. The Bertz CT molecular complexity index is 818. The number of aromatic nitrogens is 1. The van der Waals surface area contributed by atoms with Crippen molar-refractivity contribution in [3.05, 3.63) is 52.2 Å². The minimum Gasteiger partial charge on any atom is -0.439 e. The fourth-order valence-corrected chi connectivity index (χ4v) is 1.99. The molecule has 10 heteroatoms. The van der Waals surface area contributed by atoms with Crippen molar-refractivity contribution in [3.63, 3.8) is 0 Å². The maximum atomic E-state index is 12.6. The molecule has 1 atom stereocenters. The van der Waals surface area contributed by atoms with Crippen molar-refractivity contribution in [2.45, 2.75) is 38.6 Å². The predicted octanol–water partition coefficient (Wildman–Crippen LogP) is 4.37. The van der Waals surface area contributed by atoms with E-state index < -0.39 is 28.3 Å². The molecule has 0 saturated heterocycles. The van der Waals surface area contributed by atoms with Crippen LogP contribution in [0.4, 0.5) is 24.5 Å². The molecule has 0 aliphatic carbocycles. The fraction of sp³-hybridized carbons (Fsp3) is 0.353. The molecule has 0 aliphatic rings. The van der Waals surface area contributed by atoms with E-state index in [0.717, 1.165) is 12.1 Å². The third-order valence-electron chi connectivity index (χ3n) is 3.88. The molecule has 0 fully saturated rings. The van der Waals surface area contributed by atoms with Gasteiger partial charge in [0.15, 0.2) is 0 Å². The minimum atomic E-state index is -4.51. The standard InChI is InChI=1S/C17H18F3N3O4/c1-10(16(2,3)24)22-13-8-12(5-6-14(13)23(25)26)27-15-7-4-11(9-21-15)17(18,19)20/h4-10,22,24H,1-3H3/t10-/m0/s1. The highest BCUT2D eigenvalue weighted by molar-refractivity contribution is 5.65. The maximum Gasteiger partial charge on any atom is 0.417 e. The zero-order chi connectivity index (χ0) is 20.4. The molecule has 146 valence electrons. The van der Waals surface area contributed by atoms with Crippen molar-refractivity contribution >= 4 is 11.4 Å². The van der Waals surface area contributed by atoms with Gasteiger partial charge in [0.1, 0.15) is 11.4 Å². The van der Waals surface area contributed by atoms with Gasteiger partial charge < -0.3 is 15.2 Å². The lowest BCUT2D eigenvalue weighted by Gasteiger charge is -2.27. The number of aliphatic hydroxyl groups is 1. The summed E-state index contributed by atoms with van der Waals surface area (Å²) in [7, 11) is 0. The quantitative estimate of drug-likeness (QED) is 0.566. The first-order valence-corrected chi connectivity index (χ1v) is 7.86. The monoisotopic (exact) mass is 385 g/mol. The van der Waals surface area contributed by atoms with E-state index in [0.29, 0.717) is 6.20 Å². The van der Waals surface area contributed by atoms with E-state index in [2.05, 4.69) is 10.3 Å². The number of halogens is 3. The van der Waals surface area contributed by atoms with Crippen LogP contribution in [0.25, 0.3) is 0 Å². The van der Waals surface area contributed by atoms with Gasteiger partial charge in [-0.2, -0.15) is 13.2 Å². The van der Waals surface area contributed by atoms with Gasteiger partial charge in [0.25, 0.3) is 5.69 Å². The van der Waals surface area contributed by atoms with Crippen LogP contribution in [0.3, 0.4) is 0 Å². The number of anilines is 1. The Labute approximate surface area is 153 Å². The average Bonchev–Trinajstić information content (AvgIpc) is 2.53. The number of nitro benzene ring substituents is 1. The molecule has 7 nitrogen and oxygen atoms in total. The summed E-state index contributed by atoms with van der Waals surface area (Å²) in [5.74, 6) is 0.0386. The van der Waals surface area contributed by atoms with E-state index in [9.17, 15) is 28.4 Å². The van der Waals surface area contributed by atoms with Gasteiger partial charge in [0.05, 0.1) is 22.1 Å². The Kier molecular flexibility index (Phi) is 5.59. The molecule has 2 aromatic rings. The first-order valence-electron chi connectivity index (χ1n) is 7.86. The highest BCUT2D eigenvalue weighted by Crippen LogP contribution is 2.33. The maximum absolute atomic E-state index is 12.6. The molecule has 1 heterocycles.